The molecule has 2 heterocycles. The molecule has 1 saturated heterocycles. The predicted octanol–water partition coefficient (Wildman–Crippen LogP) is 2.26. The number of carbonyl (C=O) groups excluding carboxylic acids is 1. The van der Waals surface area contributed by atoms with Crippen molar-refractivity contribution >= 4 is 27.8 Å². The van der Waals surface area contributed by atoms with Crippen molar-refractivity contribution in [3.8, 4) is 11.5 Å². The molecule has 0 aliphatic carbocycles. The molecule has 3 rings (SSSR count). The molecule has 2 aliphatic rings. The molecule has 1 fully saturated rings. The van der Waals surface area contributed by atoms with Crippen LogP contribution in [0.2, 0.25) is 0 Å². The van der Waals surface area contributed by atoms with E-state index in [1.165, 1.54) is 4.90 Å². The van der Waals surface area contributed by atoms with Crippen LogP contribution in [0.4, 0.5) is 0 Å². The molecule has 1 unspecified atom stereocenters. The number of halogens is 1. The van der Waals surface area contributed by atoms with Gasteiger partial charge >= 0.3 is 5.97 Å². The number of hydrogen-bond acceptors (Lipinski definition) is 4. The van der Waals surface area contributed by atoms with E-state index < -0.39 is 12.0 Å². The van der Waals surface area contributed by atoms with Gasteiger partial charge in [-0.2, -0.15) is 0 Å². The molecule has 0 spiro atoms. The van der Waals surface area contributed by atoms with Gasteiger partial charge in [0.15, 0.2) is 11.5 Å². The van der Waals surface area contributed by atoms with E-state index in [4.69, 9.17) is 9.47 Å². The Balaban J connectivity index is 1.91. The highest BCUT2D eigenvalue weighted by Crippen LogP contribution is 2.40. The van der Waals surface area contributed by atoms with Gasteiger partial charge < -0.3 is 19.5 Å². The number of amides is 1. The fraction of sp³-hybridized carbons (Fsp3) is 0.429. The van der Waals surface area contributed by atoms with Gasteiger partial charge in [-0.05, 0) is 47.3 Å². The lowest BCUT2D eigenvalue weighted by Crippen LogP contribution is -2.47. The van der Waals surface area contributed by atoms with Gasteiger partial charge in [0.2, 0.25) is 6.79 Å². The highest BCUT2D eigenvalue weighted by atomic mass is 79.9. The SMILES string of the molecule is O=C(O)C1CCCCN1C(=O)c1cc(Br)c2c(c1)OCO2. The van der Waals surface area contributed by atoms with Gasteiger partial charge in [-0.25, -0.2) is 4.79 Å². The fourth-order valence-corrected chi connectivity index (χ4v) is 3.24. The zero-order chi connectivity index (χ0) is 15.0. The van der Waals surface area contributed by atoms with Crippen LogP contribution in [0.25, 0.3) is 0 Å². The average molecular weight is 356 g/mol. The van der Waals surface area contributed by atoms with E-state index in [1.807, 2.05) is 0 Å². The molecule has 0 radical (unpaired) electrons. The number of likely N-dealkylation sites (tertiary alicyclic amines) is 1. The number of carboxylic acids is 1. The smallest absolute Gasteiger partial charge is 0.326 e. The van der Waals surface area contributed by atoms with Crippen LogP contribution in [-0.4, -0.2) is 41.3 Å². The molecule has 112 valence electrons. The van der Waals surface area contributed by atoms with E-state index in [2.05, 4.69) is 15.9 Å². The monoisotopic (exact) mass is 355 g/mol. The molecular formula is C14H14BrNO5. The van der Waals surface area contributed by atoms with Gasteiger partial charge in [0, 0.05) is 12.1 Å². The van der Waals surface area contributed by atoms with Crippen LogP contribution in [0.5, 0.6) is 11.5 Å². The van der Waals surface area contributed by atoms with Gasteiger partial charge in [0.25, 0.3) is 5.91 Å². The van der Waals surface area contributed by atoms with Crippen LogP contribution < -0.4 is 9.47 Å². The Morgan fingerprint density at radius 2 is 2.10 bits per heavy atom. The summed E-state index contributed by atoms with van der Waals surface area (Å²) in [7, 11) is 0. The van der Waals surface area contributed by atoms with Crippen molar-refractivity contribution in [1.29, 1.82) is 0 Å². The van der Waals surface area contributed by atoms with Crippen molar-refractivity contribution in [3.63, 3.8) is 0 Å². The normalized spacial score (nSPS) is 20.4. The molecular weight excluding hydrogens is 342 g/mol. The molecule has 1 aromatic carbocycles. The number of carbonyl (C=O) groups is 2. The summed E-state index contributed by atoms with van der Waals surface area (Å²) in [6.07, 6.45) is 2.14. The lowest BCUT2D eigenvalue weighted by Gasteiger charge is -2.33. The average Bonchev–Trinajstić information content (AvgIpc) is 2.95. The number of rotatable bonds is 2. The summed E-state index contributed by atoms with van der Waals surface area (Å²) in [5.74, 6) is -0.180. The lowest BCUT2D eigenvalue weighted by atomic mass is 10.0. The molecule has 21 heavy (non-hydrogen) atoms. The van der Waals surface area contributed by atoms with Crippen LogP contribution in [0.15, 0.2) is 16.6 Å². The van der Waals surface area contributed by atoms with Crippen LogP contribution in [0.1, 0.15) is 29.6 Å². The second kappa shape index (κ2) is 5.55. The zero-order valence-corrected chi connectivity index (χ0v) is 12.8. The molecule has 7 heteroatoms. The maximum atomic E-state index is 12.6. The van der Waals surface area contributed by atoms with Gasteiger partial charge in [-0.1, -0.05) is 0 Å². The number of ether oxygens (including phenoxy) is 2. The second-order valence-electron chi connectivity index (χ2n) is 5.04. The first-order valence-corrected chi connectivity index (χ1v) is 7.50. The van der Waals surface area contributed by atoms with Crippen molar-refractivity contribution in [2.45, 2.75) is 25.3 Å². The fourth-order valence-electron chi connectivity index (χ4n) is 2.69. The minimum absolute atomic E-state index is 0.118. The summed E-state index contributed by atoms with van der Waals surface area (Å²) in [6, 6.07) is 2.49. The summed E-state index contributed by atoms with van der Waals surface area (Å²) >= 11 is 3.34. The molecule has 0 saturated carbocycles. The third-order valence-corrected chi connectivity index (χ3v) is 4.31. The largest absolute Gasteiger partial charge is 0.480 e. The Morgan fingerprint density at radius 1 is 1.29 bits per heavy atom. The third kappa shape index (κ3) is 2.57. The minimum Gasteiger partial charge on any atom is -0.480 e. The minimum atomic E-state index is -0.956. The Bertz CT molecular complexity index is 603. The standard InChI is InChI=1S/C14H14BrNO5/c15-9-5-8(6-11-12(9)21-7-20-11)13(17)16-4-2-1-3-10(16)14(18)19/h5-6,10H,1-4,7H2,(H,18,19). The number of carboxylic acid groups (broad SMARTS) is 1. The number of piperidine rings is 1. The first kappa shape index (κ1) is 14.2. The van der Waals surface area contributed by atoms with Gasteiger partial charge in [-0.3, -0.25) is 4.79 Å². The quantitative estimate of drug-likeness (QED) is 0.880. The van der Waals surface area contributed by atoms with Crippen molar-refractivity contribution in [2.75, 3.05) is 13.3 Å². The third-order valence-electron chi connectivity index (χ3n) is 3.72. The van der Waals surface area contributed by atoms with E-state index in [9.17, 15) is 14.7 Å². The van der Waals surface area contributed by atoms with E-state index in [0.29, 0.717) is 34.5 Å². The van der Waals surface area contributed by atoms with Gasteiger partial charge in [0.05, 0.1) is 4.47 Å². The topological polar surface area (TPSA) is 76.1 Å². The number of aliphatic carboxylic acids is 1. The van der Waals surface area contributed by atoms with E-state index >= 15 is 0 Å². The lowest BCUT2D eigenvalue weighted by molar-refractivity contribution is -0.143. The molecule has 0 aromatic heterocycles. The van der Waals surface area contributed by atoms with Gasteiger partial charge in [0.1, 0.15) is 6.04 Å². The predicted molar refractivity (Wildman–Crippen MR) is 76.6 cm³/mol. The van der Waals surface area contributed by atoms with Crippen molar-refractivity contribution in [1.82, 2.24) is 4.90 Å². The molecule has 0 bridgehead atoms. The summed E-state index contributed by atoms with van der Waals surface area (Å²) in [5, 5.41) is 9.27. The number of hydrogen-bond donors (Lipinski definition) is 1. The Labute approximate surface area is 129 Å². The first-order valence-electron chi connectivity index (χ1n) is 6.71. The number of nitrogens with zero attached hydrogens (tertiary/aromatic N) is 1. The molecule has 1 atom stereocenters. The van der Waals surface area contributed by atoms with Gasteiger partial charge in [-0.15, -0.1) is 0 Å². The Hall–Kier alpha value is -1.76. The molecule has 1 amide bonds. The summed E-state index contributed by atoms with van der Waals surface area (Å²) in [4.78, 5) is 25.3. The van der Waals surface area contributed by atoms with Crippen molar-refractivity contribution in [2.24, 2.45) is 0 Å². The van der Waals surface area contributed by atoms with Crippen molar-refractivity contribution < 1.29 is 24.2 Å². The second-order valence-corrected chi connectivity index (χ2v) is 5.89. The zero-order valence-electron chi connectivity index (χ0n) is 11.2. The van der Waals surface area contributed by atoms with Crippen LogP contribution in [-0.2, 0) is 4.79 Å². The molecule has 1 aromatic rings. The Morgan fingerprint density at radius 3 is 2.86 bits per heavy atom. The molecule has 2 aliphatic heterocycles. The van der Waals surface area contributed by atoms with E-state index in [1.54, 1.807) is 12.1 Å². The summed E-state index contributed by atoms with van der Waals surface area (Å²) in [5.41, 5.74) is 0.402. The van der Waals surface area contributed by atoms with Crippen molar-refractivity contribution in [3.05, 3.63) is 22.2 Å². The van der Waals surface area contributed by atoms with Crippen LogP contribution in [0.3, 0.4) is 0 Å². The first-order chi connectivity index (χ1) is 10.1. The number of fused-ring (bicyclic) bond motifs is 1. The Kier molecular flexibility index (Phi) is 3.75. The summed E-state index contributed by atoms with van der Waals surface area (Å²) < 4.78 is 11.2. The molecule has 6 nitrogen and oxygen atoms in total. The van der Waals surface area contributed by atoms with Crippen LogP contribution >= 0.6 is 15.9 Å². The van der Waals surface area contributed by atoms with E-state index in [0.717, 1.165) is 12.8 Å². The van der Waals surface area contributed by atoms with E-state index in [-0.39, 0.29) is 12.7 Å². The number of benzene rings is 1. The highest BCUT2D eigenvalue weighted by molar-refractivity contribution is 9.10. The summed E-state index contributed by atoms with van der Waals surface area (Å²) in [6.45, 7) is 0.578. The van der Waals surface area contributed by atoms with Crippen LogP contribution in [0, 0.1) is 0 Å². The maximum Gasteiger partial charge on any atom is 0.326 e. The molecule has 1 N–H and O–H groups in total. The maximum absolute atomic E-state index is 12.6. The highest BCUT2D eigenvalue weighted by Gasteiger charge is 2.33.